The van der Waals surface area contributed by atoms with E-state index in [1.807, 2.05) is 22.9 Å². The molecule has 2 aromatic heterocycles. The molecule has 29 heavy (non-hydrogen) atoms. The lowest BCUT2D eigenvalue weighted by atomic mass is 9.95. The van der Waals surface area contributed by atoms with Gasteiger partial charge in [0.1, 0.15) is 6.04 Å². The van der Waals surface area contributed by atoms with Gasteiger partial charge in [0.2, 0.25) is 0 Å². The fourth-order valence-electron chi connectivity index (χ4n) is 4.35. The molecule has 154 valence electrons. The van der Waals surface area contributed by atoms with Crippen LogP contribution in [-0.2, 0) is 5.54 Å². The molecular formula is C22H30N6O. The van der Waals surface area contributed by atoms with Crippen molar-refractivity contribution in [1.29, 1.82) is 0 Å². The number of aromatic nitrogens is 5. The number of rotatable bonds is 3. The number of pyridine rings is 1. The molecule has 4 rings (SSSR count). The van der Waals surface area contributed by atoms with E-state index in [0.29, 0.717) is 11.5 Å². The Bertz CT molecular complexity index is 1080. The third-order valence-corrected chi connectivity index (χ3v) is 5.75. The predicted octanol–water partition coefficient (Wildman–Crippen LogP) is 3.40. The minimum atomic E-state index is -0.279. The van der Waals surface area contributed by atoms with Gasteiger partial charge in [0, 0.05) is 17.6 Å². The Morgan fingerprint density at radius 3 is 2.76 bits per heavy atom. The second kappa shape index (κ2) is 7.37. The van der Waals surface area contributed by atoms with Crippen LogP contribution in [0.1, 0.15) is 63.5 Å². The van der Waals surface area contributed by atoms with E-state index in [4.69, 9.17) is 0 Å². The molecule has 1 aliphatic rings. The SMILES string of the molecule is Cc1ccc2[nH]c(=O)c(C(c3nnnn3C(C)(C)C)N3CCCC(C)C3)cc2c1. The minimum Gasteiger partial charge on any atom is -0.322 e. The van der Waals surface area contributed by atoms with Gasteiger partial charge in [0.15, 0.2) is 5.82 Å². The van der Waals surface area contributed by atoms with Crippen molar-refractivity contribution in [3.63, 3.8) is 0 Å². The van der Waals surface area contributed by atoms with Crippen LogP contribution < -0.4 is 5.56 Å². The lowest BCUT2D eigenvalue weighted by Gasteiger charge is -2.37. The van der Waals surface area contributed by atoms with Crippen molar-refractivity contribution < 1.29 is 0 Å². The lowest BCUT2D eigenvalue weighted by molar-refractivity contribution is 0.137. The number of likely N-dealkylation sites (tertiary alicyclic amines) is 1. The number of aryl methyl sites for hydroxylation is 1. The molecule has 0 aliphatic carbocycles. The van der Waals surface area contributed by atoms with Gasteiger partial charge in [-0.1, -0.05) is 18.6 Å². The topological polar surface area (TPSA) is 79.7 Å². The predicted molar refractivity (Wildman–Crippen MR) is 114 cm³/mol. The molecule has 0 spiro atoms. The van der Waals surface area contributed by atoms with Crippen LogP contribution in [0.4, 0.5) is 0 Å². The Labute approximate surface area is 171 Å². The maximum atomic E-state index is 13.2. The van der Waals surface area contributed by atoms with Crippen molar-refractivity contribution >= 4 is 10.9 Å². The fraction of sp³-hybridized carbons (Fsp3) is 0.545. The normalized spacial score (nSPS) is 19.6. The minimum absolute atomic E-state index is 0.0759. The number of H-pyrrole nitrogens is 1. The number of fused-ring (bicyclic) bond motifs is 1. The highest BCUT2D eigenvalue weighted by molar-refractivity contribution is 5.79. The van der Waals surface area contributed by atoms with Gasteiger partial charge in [-0.05, 0) is 87.0 Å². The van der Waals surface area contributed by atoms with Crippen molar-refractivity contribution in [2.75, 3.05) is 13.1 Å². The van der Waals surface area contributed by atoms with E-state index in [9.17, 15) is 4.79 Å². The van der Waals surface area contributed by atoms with Crippen LogP contribution in [0.25, 0.3) is 10.9 Å². The van der Waals surface area contributed by atoms with E-state index in [1.165, 1.54) is 6.42 Å². The second-order valence-corrected chi connectivity index (χ2v) is 9.41. The van der Waals surface area contributed by atoms with Crippen molar-refractivity contribution in [3.8, 4) is 0 Å². The van der Waals surface area contributed by atoms with Crippen molar-refractivity contribution in [2.24, 2.45) is 5.92 Å². The summed E-state index contributed by atoms with van der Waals surface area (Å²) in [4.78, 5) is 18.6. The molecule has 1 saturated heterocycles. The second-order valence-electron chi connectivity index (χ2n) is 9.41. The van der Waals surface area contributed by atoms with E-state index in [-0.39, 0.29) is 17.1 Å². The molecule has 2 atom stereocenters. The zero-order valence-corrected chi connectivity index (χ0v) is 17.9. The molecule has 7 nitrogen and oxygen atoms in total. The molecule has 1 aromatic carbocycles. The molecule has 1 N–H and O–H groups in total. The first-order valence-electron chi connectivity index (χ1n) is 10.4. The van der Waals surface area contributed by atoms with Crippen LogP contribution in [0.15, 0.2) is 29.1 Å². The number of nitrogens with one attached hydrogen (secondary N) is 1. The molecule has 0 amide bonds. The fourth-order valence-corrected chi connectivity index (χ4v) is 4.35. The van der Waals surface area contributed by atoms with Crippen molar-refractivity contribution in [2.45, 2.75) is 59.0 Å². The summed E-state index contributed by atoms with van der Waals surface area (Å²) in [6.45, 7) is 12.4. The van der Waals surface area contributed by atoms with Gasteiger partial charge in [-0.3, -0.25) is 9.69 Å². The first-order chi connectivity index (χ1) is 13.7. The highest BCUT2D eigenvalue weighted by atomic mass is 16.1. The smallest absolute Gasteiger partial charge is 0.253 e. The highest BCUT2D eigenvalue weighted by Crippen LogP contribution is 2.32. The average Bonchev–Trinajstić information content (AvgIpc) is 3.13. The molecule has 1 aliphatic heterocycles. The van der Waals surface area contributed by atoms with Gasteiger partial charge in [-0.15, -0.1) is 5.10 Å². The molecule has 3 aromatic rings. The maximum absolute atomic E-state index is 13.2. The number of nitrogens with zero attached hydrogens (tertiary/aromatic N) is 5. The Kier molecular flexibility index (Phi) is 5.02. The summed E-state index contributed by atoms with van der Waals surface area (Å²) in [6, 6.07) is 7.83. The largest absolute Gasteiger partial charge is 0.322 e. The van der Waals surface area contributed by atoms with Gasteiger partial charge in [-0.25, -0.2) is 4.68 Å². The van der Waals surface area contributed by atoms with Crippen LogP contribution in [0.5, 0.6) is 0 Å². The average molecular weight is 395 g/mol. The summed E-state index contributed by atoms with van der Waals surface area (Å²) >= 11 is 0. The van der Waals surface area contributed by atoms with E-state index >= 15 is 0 Å². The molecule has 0 saturated carbocycles. The first-order valence-corrected chi connectivity index (χ1v) is 10.4. The molecule has 1 fully saturated rings. The zero-order valence-electron chi connectivity index (χ0n) is 17.9. The molecule has 2 unspecified atom stereocenters. The highest BCUT2D eigenvalue weighted by Gasteiger charge is 2.34. The summed E-state index contributed by atoms with van der Waals surface area (Å²) in [5.41, 5.74) is 2.37. The number of hydrogen-bond donors (Lipinski definition) is 1. The van der Waals surface area contributed by atoms with Crippen molar-refractivity contribution in [1.82, 2.24) is 30.1 Å². The Morgan fingerprint density at radius 1 is 1.24 bits per heavy atom. The zero-order chi connectivity index (χ0) is 20.8. The number of benzene rings is 1. The Hall–Kier alpha value is -2.54. The monoisotopic (exact) mass is 394 g/mol. The standard InChI is InChI=1S/C22H30N6O/c1-14-8-9-18-16(11-14)12-17(21(29)23-18)19(27-10-6-7-15(2)13-27)20-24-25-26-28(20)22(3,4)5/h8-9,11-12,15,19H,6-7,10,13H2,1-5H3,(H,23,29). The van der Waals surface area contributed by atoms with Crippen LogP contribution in [-0.4, -0.2) is 43.2 Å². The van der Waals surface area contributed by atoms with E-state index < -0.39 is 0 Å². The van der Waals surface area contributed by atoms with Gasteiger partial charge >= 0.3 is 0 Å². The molecular weight excluding hydrogens is 364 g/mol. The van der Waals surface area contributed by atoms with Gasteiger partial charge < -0.3 is 4.98 Å². The summed E-state index contributed by atoms with van der Waals surface area (Å²) < 4.78 is 1.86. The molecule has 0 radical (unpaired) electrons. The summed E-state index contributed by atoms with van der Waals surface area (Å²) in [6.07, 6.45) is 2.32. The number of hydrogen-bond acceptors (Lipinski definition) is 5. The maximum Gasteiger partial charge on any atom is 0.253 e. The lowest BCUT2D eigenvalue weighted by Crippen LogP contribution is -2.42. The Morgan fingerprint density at radius 2 is 2.03 bits per heavy atom. The molecule has 0 bridgehead atoms. The number of aromatic amines is 1. The van der Waals surface area contributed by atoms with Crippen LogP contribution in [0.2, 0.25) is 0 Å². The summed E-state index contributed by atoms with van der Waals surface area (Å²) in [5, 5.41) is 13.7. The third-order valence-electron chi connectivity index (χ3n) is 5.75. The van der Waals surface area contributed by atoms with E-state index in [0.717, 1.165) is 41.8 Å². The number of piperidine rings is 1. The first kappa shape index (κ1) is 19.8. The van der Waals surface area contributed by atoms with Crippen LogP contribution in [0, 0.1) is 12.8 Å². The number of tetrazole rings is 1. The van der Waals surface area contributed by atoms with Crippen molar-refractivity contribution in [3.05, 3.63) is 51.6 Å². The third kappa shape index (κ3) is 3.83. The quantitative estimate of drug-likeness (QED) is 0.736. The van der Waals surface area contributed by atoms with Gasteiger partial charge in [-0.2, -0.15) is 0 Å². The van der Waals surface area contributed by atoms with E-state index in [2.05, 4.69) is 66.1 Å². The molecule has 7 heteroatoms. The Balaban J connectivity index is 1.92. The van der Waals surface area contributed by atoms with Gasteiger partial charge in [0.25, 0.3) is 5.56 Å². The van der Waals surface area contributed by atoms with Gasteiger partial charge in [0.05, 0.1) is 5.54 Å². The molecule has 3 heterocycles. The summed E-state index contributed by atoms with van der Waals surface area (Å²) in [7, 11) is 0. The van der Waals surface area contributed by atoms with Crippen LogP contribution >= 0.6 is 0 Å². The van der Waals surface area contributed by atoms with E-state index in [1.54, 1.807) is 0 Å². The summed E-state index contributed by atoms with van der Waals surface area (Å²) in [5.74, 6) is 1.30. The van der Waals surface area contributed by atoms with Crippen LogP contribution in [0.3, 0.4) is 0 Å².